The van der Waals surface area contributed by atoms with E-state index in [9.17, 15) is 5.11 Å². The minimum atomic E-state index is 0. The second-order valence-corrected chi connectivity index (χ2v) is 4.86. The van der Waals surface area contributed by atoms with Crippen molar-refractivity contribution >= 4 is 0 Å². The first kappa shape index (κ1) is 13.6. The largest absolute Gasteiger partial charge is 1.00 e. The lowest BCUT2D eigenvalue weighted by atomic mass is 9.98. The number of halogens is 1. The molecule has 1 N–H and O–H groups in total. The Labute approximate surface area is 114 Å². The number of aromatic hydroxyl groups is 1. The van der Waals surface area contributed by atoms with Crippen molar-refractivity contribution in [2.45, 2.75) is 13.0 Å². The molecule has 0 saturated heterocycles. The van der Waals surface area contributed by atoms with Gasteiger partial charge in [-0.3, -0.25) is 0 Å². The monoisotopic (exact) mass is 335 g/mol. The standard InChI is InChI=1S/C12H17NO2.HI/c1-13(2)5-4-9-7-12(15-3)11(14)6-10(9)8-13;/h6-7H,4-5,8H2,1-3H3;1H. The first-order chi connectivity index (χ1) is 7.02. The van der Waals surface area contributed by atoms with Crippen molar-refractivity contribution in [2.24, 2.45) is 0 Å². The van der Waals surface area contributed by atoms with E-state index in [0.29, 0.717) is 5.75 Å². The van der Waals surface area contributed by atoms with Gasteiger partial charge in [0, 0.05) is 12.0 Å². The summed E-state index contributed by atoms with van der Waals surface area (Å²) < 4.78 is 6.09. The van der Waals surface area contributed by atoms with Crippen LogP contribution in [0.3, 0.4) is 0 Å². The quantitative estimate of drug-likeness (QED) is 0.502. The smallest absolute Gasteiger partial charge is 0.160 e. The van der Waals surface area contributed by atoms with Crippen LogP contribution in [0.1, 0.15) is 11.1 Å². The molecule has 0 spiro atoms. The van der Waals surface area contributed by atoms with Gasteiger partial charge in [-0.25, -0.2) is 0 Å². The van der Waals surface area contributed by atoms with Gasteiger partial charge >= 0.3 is 0 Å². The van der Waals surface area contributed by atoms with E-state index in [1.165, 1.54) is 11.1 Å². The predicted octanol–water partition coefficient (Wildman–Crippen LogP) is -1.46. The fraction of sp³-hybridized carbons (Fsp3) is 0.500. The van der Waals surface area contributed by atoms with E-state index in [4.69, 9.17) is 4.74 Å². The van der Waals surface area contributed by atoms with Crippen molar-refractivity contribution in [3.05, 3.63) is 23.3 Å². The molecule has 1 aromatic carbocycles. The number of phenols is 1. The van der Waals surface area contributed by atoms with Crippen molar-refractivity contribution in [3.63, 3.8) is 0 Å². The van der Waals surface area contributed by atoms with E-state index in [1.807, 2.05) is 12.1 Å². The minimum Gasteiger partial charge on any atom is -1.00 e. The van der Waals surface area contributed by atoms with Crippen molar-refractivity contribution in [1.29, 1.82) is 0 Å². The summed E-state index contributed by atoms with van der Waals surface area (Å²) >= 11 is 0. The molecule has 16 heavy (non-hydrogen) atoms. The predicted molar refractivity (Wildman–Crippen MR) is 59.0 cm³/mol. The van der Waals surface area contributed by atoms with Gasteiger partial charge in [0.25, 0.3) is 0 Å². The molecular weight excluding hydrogens is 317 g/mol. The van der Waals surface area contributed by atoms with Crippen LogP contribution < -0.4 is 28.7 Å². The summed E-state index contributed by atoms with van der Waals surface area (Å²) in [5.41, 5.74) is 2.55. The number of nitrogens with zero attached hydrogens (tertiary/aromatic N) is 1. The molecule has 3 nitrogen and oxygen atoms in total. The van der Waals surface area contributed by atoms with E-state index in [0.717, 1.165) is 24.0 Å². The zero-order valence-corrected chi connectivity index (χ0v) is 12.1. The van der Waals surface area contributed by atoms with Gasteiger partial charge in [-0.1, -0.05) is 0 Å². The lowest BCUT2D eigenvalue weighted by Crippen LogP contribution is -3.00. The number of likely N-dealkylation sites (N-methyl/N-ethyl adjacent to an activating group) is 1. The zero-order chi connectivity index (χ0) is 11.1. The van der Waals surface area contributed by atoms with Gasteiger partial charge in [-0.2, -0.15) is 0 Å². The van der Waals surface area contributed by atoms with Gasteiger partial charge in [0.05, 0.1) is 27.7 Å². The Balaban J connectivity index is 0.00000128. The van der Waals surface area contributed by atoms with E-state index < -0.39 is 0 Å². The Bertz CT molecular complexity index is 391. The molecule has 0 radical (unpaired) electrons. The Hall–Kier alpha value is -0.490. The van der Waals surface area contributed by atoms with Crippen molar-refractivity contribution in [2.75, 3.05) is 27.7 Å². The van der Waals surface area contributed by atoms with Gasteiger partial charge in [-0.15, -0.1) is 0 Å². The summed E-state index contributed by atoms with van der Waals surface area (Å²) in [6, 6.07) is 3.80. The summed E-state index contributed by atoms with van der Waals surface area (Å²) in [6.45, 7) is 2.12. The summed E-state index contributed by atoms with van der Waals surface area (Å²) in [5, 5.41) is 9.70. The fourth-order valence-corrected chi connectivity index (χ4v) is 2.16. The number of benzene rings is 1. The highest BCUT2D eigenvalue weighted by atomic mass is 127. The molecule has 2 rings (SSSR count). The van der Waals surface area contributed by atoms with Crippen molar-refractivity contribution in [3.8, 4) is 11.5 Å². The number of fused-ring (bicyclic) bond motifs is 1. The lowest BCUT2D eigenvalue weighted by molar-refractivity contribution is -0.905. The van der Waals surface area contributed by atoms with Gasteiger partial charge < -0.3 is 38.3 Å². The maximum atomic E-state index is 9.70. The van der Waals surface area contributed by atoms with Crippen LogP contribution in [0.2, 0.25) is 0 Å². The average Bonchev–Trinajstić information content (AvgIpc) is 2.15. The molecule has 1 aliphatic rings. The molecule has 0 fully saturated rings. The number of ether oxygens (including phenoxy) is 1. The van der Waals surface area contributed by atoms with Crippen LogP contribution in [0.15, 0.2) is 12.1 Å². The molecule has 90 valence electrons. The van der Waals surface area contributed by atoms with E-state index in [-0.39, 0.29) is 29.7 Å². The maximum absolute atomic E-state index is 9.70. The third-order valence-corrected chi connectivity index (χ3v) is 3.09. The summed E-state index contributed by atoms with van der Waals surface area (Å²) in [6.07, 6.45) is 1.05. The third-order valence-electron chi connectivity index (χ3n) is 3.09. The highest BCUT2D eigenvalue weighted by molar-refractivity contribution is 5.46. The average molecular weight is 335 g/mol. The summed E-state index contributed by atoms with van der Waals surface area (Å²) in [5.74, 6) is 0.833. The SMILES string of the molecule is COc1cc2c(cc1O)C[N+](C)(C)CC2.[I-]. The Morgan fingerprint density at radius 1 is 1.25 bits per heavy atom. The highest BCUT2D eigenvalue weighted by Crippen LogP contribution is 2.33. The lowest BCUT2D eigenvalue weighted by Gasteiger charge is -2.35. The van der Waals surface area contributed by atoms with E-state index in [1.54, 1.807) is 7.11 Å². The first-order valence-electron chi connectivity index (χ1n) is 5.22. The van der Waals surface area contributed by atoms with Crippen LogP contribution in [-0.2, 0) is 13.0 Å². The van der Waals surface area contributed by atoms with E-state index >= 15 is 0 Å². The van der Waals surface area contributed by atoms with Gasteiger partial charge in [0.1, 0.15) is 6.54 Å². The summed E-state index contributed by atoms with van der Waals surface area (Å²) in [7, 11) is 6.01. The molecule has 0 unspecified atom stereocenters. The third kappa shape index (κ3) is 2.60. The number of rotatable bonds is 1. The highest BCUT2D eigenvalue weighted by Gasteiger charge is 2.25. The molecule has 0 aliphatic carbocycles. The van der Waals surface area contributed by atoms with Gasteiger partial charge in [-0.05, 0) is 17.7 Å². The molecule has 1 aromatic rings. The van der Waals surface area contributed by atoms with Crippen LogP contribution >= 0.6 is 0 Å². The Kier molecular flexibility index (Phi) is 4.07. The number of quaternary nitrogens is 1. The van der Waals surface area contributed by atoms with Crippen molar-refractivity contribution < 1.29 is 38.3 Å². The van der Waals surface area contributed by atoms with Crippen molar-refractivity contribution in [1.82, 2.24) is 0 Å². The van der Waals surface area contributed by atoms with Crippen LogP contribution in [0.4, 0.5) is 0 Å². The molecule has 0 atom stereocenters. The number of phenolic OH excluding ortho intramolecular Hbond substituents is 1. The maximum Gasteiger partial charge on any atom is 0.160 e. The van der Waals surface area contributed by atoms with Gasteiger partial charge in [0.2, 0.25) is 0 Å². The molecule has 0 saturated carbocycles. The normalized spacial score (nSPS) is 17.2. The molecule has 1 heterocycles. The second-order valence-electron chi connectivity index (χ2n) is 4.86. The van der Waals surface area contributed by atoms with Crippen LogP contribution in [0.5, 0.6) is 11.5 Å². The van der Waals surface area contributed by atoms with Crippen LogP contribution in [0.25, 0.3) is 0 Å². The first-order valence-corrected chi connectivity index (χ1v) is 5.22. The second kappa shape index (κ2) is 4.79. The number of methoxy groups -OCH3 is 1. The fourth-order valence-electron chi connectivity index (χ4n) is 2.16. The summed E-state index contributed by atoms with van der Waals surface area (Å²) in [4.78, 5) is 0. The molecule has 1 aliphatic heterocycles. The van der Waals surface area contributed by atoms with Gasteiger partial charge in [0.15, 0.2) is 11.5 Å². The Morgan fingerprint density at radius 3 is 2.56 bits per heavy atom. The Morgan fingerprint density at radius 2 is 1.94 bits per heavy atom. The van der Waals surface area contributed by atoms with E-state index in [2.05, 4.69) is 14.1 Å². The minimum absolute atomic E-state index is 0. The topological polar surface area (TPSA) is 29.5 Å². The number of hydrogen-bond donors (Lipinski definition) is 1. The molecule has 0 bridgehead atoms. The molecule has 0 amide bonds. The van der Waals surface area contributed by atoms with Crippen LogP contribution in [0, 0.1) is 0 Å². The number of hydrogen-bond acceptors (Lipinski definition) is 2. The molecular formula is C12H18INO2. The molecule has 0 aromatic heterocycles. The van der Waals surface area contributed by atoms with Crippen LogP contribution in [-0.4, -0.2) is 37.3 Å². The molecule has 4 heteroatoms. The zero-order valence-electron chi connectivity index (χ0n) is 9.96.